The number of hydrogen-bond acceptors (Lipinski definition) is 2. The van der Waals surface area contributed by atoms with Crippen LogP contribution in [0.2, 0.25) is 0 Å². The lowest BCUT2D eigenvalue weighted by Gasteiger charge is -2.29. The number of benzene rings is 2. The molecule has 0 aromatic heterocycles. The lowest BCUT2D eigenvalue weighted by Crippen LogP contribution is -2.43. The summed E-state index contributed by atoms with van der Waals surface area (Å²) < 4.78 is 45.3. The molecule has 2 nitrogen and oxygen atoms in total. The van der Waals surface area contributed by atoms with E-state index in [1.807, 2.05) is 0 Å². The van der Waals surface area contributed by atoms with Gasteiger partial charge in [-0.15, -0.1) is 0 Å². The summed E-state index contributed by atoms with van der Waals surface area (Å²) in [4.78, 5) is 0. The quantitative estimate of drug-likeness (QED) is 0.846. The van der Waals surface area contributed by atoms with Crippen molar-refractivity contribution in [2.45, 2.75) is 18.4 Å². The molecule has 0 spiro atoms. The van der Waals surface area contributed by atoms with Crippen LogP contribution in [0.3, 0.4) is 0 Å². The molecule has 0 radical (unpaired) electrons. The first-order valence-electron chi connectivity index (χ1n) is 6.21. The van der Waals surface area contributed by atoms with Gasteiger partial charge in [-0.25, -0.2) is 0 Å². The van der Waals surface area contributed by atoms with Crippen LogP contribution in [0.15, 0.2) is 60.7 Å². The first-order valence-corrected chi connectivity index (χ1v) is 6.21. The van der Waals surface area contributed by atoms with Gasteiger partial charge in [0.1, 0.15) is 6.07 Å². The van der Waals surface area contributed by atoms with Crippen molar-refractivity contribution in [3.63, 3.8) is 0 Å². The topological polar surface area (TPSA) is 33.0 Å². The van der Waals surface area contributed by atoms with Crippen molar-refractivity contribution in [2.75, 3.05) is 0 Å². The summed E-state index contributed by atoms with van der Waals surface area (Å²) in [7, 11) is 0. The Labute approximate surface area is 120 Å². The number of hydrogen-bond donors (Lipinski definition) is 0. The second-order valence-electron chi connectivity index (χ2n) is 4.43. The van der Waals surface area contributed by atoms with Gasteiger partial charge in [0.05, 0.1) is 6.61 Å². The average Bonchev–Trinajstić information content (AvgIpc) is 2.49. The maximum atomic E-state index is 13.4. The van der Waals surface area contributed by atoms with Crippen molar-refractivity contribution in [3.05, 3.63) is 71.8 Å². The molecule has 0 aliphatic rings. The van der Waals surface area contributed by atoms with E-state index in [0.717, 1.165) is 0 Å². The number of halogens is 3. The smallest absolute Gasteiger partial charge is 0.344 e. The summed E-state index contributed by atoms with van der Waals surface area (Å²) in [5.41, 5.74) is -2.63. The lowest BCUT2D eigenvalue weighted by molar-refractivity contribution is -0.263. The molecule has 0 bridgehead atoms. The van der Waals surface area contributed by atoms with E-state index in [0.29, 0.717) is 5.56 Å². The Bertz CT molecular complexity index is 619. The fourth-order valence-electron chi connectivity index (χ4n) is 1.93. The summed E-state index contributed by atoms with van der Waals surface area (Å²) in [6.07, 6.45) is -4.84. The van der Waals surface area contributed by atoms with Crippen molar-refractivity contribution in [1.82, 2.24) is 0 Å². The molecule has 2 rings (SSSR count). The molecule has 21 heavy (non-hydrogen) atoms. The molecule has 5 heteroatoms. The number of ether oxygens (including phenoxy) is 1. The van der Waals surface area contributed by atoms with E-state index in [1.54, 1.807) is 36.4 Å². The number of nitriles is 1. The van der Waals surface area contributed by atoms with Crippen LogP contribution >= 0.6 is 0 Å². The molecule has 0 aliphatic carbocycles. The molecule has 0 N–H and O–H groups in total. The minimum absolute atomic E-state index is 0.226. The first-order chi connectivity index (χ1) is 9.99. The van der Waals surface area contributed by atoms with Crippen LogP contribution < -0.4 is 0 Å². The molecule has 0 aliphatic heterocycles. The molecular formula is C16H12F3NO. The van der Waals surface area contributed by atoms with Gasteiger partial charge in [-0.05, 0) is 5.56 Å². The van der Waals surface area contributed by atoms with E-state index >= 15 is 0 Å². The Morgan fingerprint density at radius 3 is 1.90 bits per heavy atom. The SMILES string of the molecule is N#CC(OCc1ccccc1)(c1ccccc1)C(F)(F)F. The zero-order chi connectivity index (χ0) is 15.3. The zero-order valence-corrected chi connectivity index (χ0v) is 11.0. The van der Waals surface area contributed by atoms with Crippen molar-refractivity contribution in [1.29, 1.82) is 5.26 Å². The van der Waals surface area contributed by atoms with Crippen molar-refractivity contribution in [2.24, 2.45) is 0 Å². The van der Waals surface area contributed by atoms with E-state index < -0.39 is 11.8 Å². The highest BCUT2D eigenvalue weighted by Crippen LogP contribution is 2.42. The molecule has 2 aromatic carbocycles. The van der Waals surface area contributed by atoms with Gasteiger partial charge < -0.3 is 4.74 Å². The Morgan fingerprint density at radius 2 is 1.43 bits per heavy atom. The molecule has 0 saturated carbocycles. The van der Waals surface area contributed by atoms with Crippen LogP contribution in [-0.2, 0) is 16.9 Å². The highest BCUT2D eigenvalue weighted by atomic mass is 19.4. The maximum Gasteiger partial charge on any atom is 0.435 e. The number of rotatable bonds is 4. The van der Waals surface area contributed by atoms with Gasteiger partial charge in [-0.2, -0.15) is 18.4 Å². The fraction of sp³-hybridized carbons (Fsp3) is 0.188. The molecule has 108 valence electrons. The summed E-state index contributed by atoms with van der Waals surface area (Å²) in [6.45, 7) is -0.303. The van der Waals surface area contributed by atoms with Gasteiger partial charge in [-0.1, -0.05) is 60.7 Å². The normalized spacial score (nSPS) is 14.2. The molecule has 0 amide bonds. The van der Waals surface area contributed by atoms with E-state index in [2.05, 4.69) is 0 Å². The Balaban J connectivity index is 2.36. The molecule has 0 saturated heterocycles. The monoisotopic (exact) mass is 291 g/mol. The molecule has 1 unspecified atom stereocenters. The van der Waals surface area contributed by atoms with E-state index in [9.17, 15) is 13.2 Å². The zero-order valence-electron chi connectivity index (χ0n) is 11.0. The van der Waals surface area contributed by atoms with E-state index in [1.165, 1.54) is 30.3 Å². The van der Waals surface area contributed by atoms with Gasteiger partial charge in [-0.3, -0.25) is 0 Å². The molecule has 1 atom stereocenters. The second kappa shape index (κ2) is 5.98. The van der Waals surface area contributed by atoms with Gasteiger partial charge in [0, 0.05) is 5.56 Å². The predicted octanol–water partition coefficient (Wildman–Crippen LogP) is 4.18. The third-order valence-corrected chi connectivity index (χ3v) is 3.04. The van der Waals surface area contributed by atoms with Crippen LogP contribution in [0.25, 0.3) is 0 Å². The van der Waals surface area contributed by atoms with E-state index in [4.69, 9.17) is 10.00 Å². The third-order valence-electron chi connectivity index (χ3n) is 3.04. The maximum absolute atomic E-state index is 13.4. The Morgan fingerprint density at radius 1 is 0.905 bits per heavy atom. The lowest BCUT2D eigenvalue weighted by atomic mass is 9.94. The van der Waals surface area contributed by atoms with Crippen LogP contribution in [0.1, 0.15) is 11.1 Å². The van der Waals surface area contributed by atoms with Crippen molar-refractivity contribution >= 4 is 0 Å². The standard InChI is InChI=1S/C16H12F3NO/c17-16(18,19)15(12-20,14-9-5-2-6-10-14)21-11-13-7-3-1-4-8-13/h1-10H,11H2. The second-order valence-corrected chi connectivity index (χ2v) is 4.43. The van der Waals surface area contributed by atoms with Crippen LogP contribution in [0.4, 0.5) is 13.2 Å². The summed E-state index contributed by atoms with van der Waals surface area (Å²) in [5.74, 6) is 0. The summed E-state index contributed by atoms with van der Waals surface area (Å²) in [6, 6.07) is 16.7. The van der Waals surface area contributed by atoms with Gasteiger partial charge in [0.15, 0.2) is 0 Å². The largest absolute Gasteiger partial charge is 0.435 e. The van der Waals surface area contributed by atoms with Crippen LogP contribution in [-0.4, -0.2) is 6.18 Å². The highest BCUT2D eigenvalue weighted by molar-refractivity contribution is 5.31. The minimum atomic E-state index is -4.84. The highest BCUT2D eigenvalue weighted by Gasteiger charge is 2.58. The van der Waals surface area contributed by atoms with Gasteiger partial charge in [0.25, 0.3) is 5.60 Å². The molecule has 0 heterocycles. The first kappa shape index (κ1) is 15.1. The Kier molecular flexibility index (Phi) is 4.29. The molecular weight excluding hydrogens is 279 g/mol. The summed E-state index contributed by atoms with van der Waals surface area (Å²) in [5, 5.41) is 9.15. The Hall–Kier alpha value is -2.32. The fourth-order valence-corrected chi connectivity index (χ4v) is 1.93. The molecule has 0 fully saturated rings. The van der Waals surface area contributed by atoms with Crippen LogP contribution in [0, 0.1) is 11.3 Å². The third kappa shape index (κ3) is 3.06. The van der Waals surface area contributed by atoms with Gasteiger partial charge in [0.2, 0.25) is 0 Å². The van der Waals surface area contributed by atoms with Crippen molar-refractivity contribution < 1.29 is 17.9 Å². The predicted molar refractivity (Wildman–Crippen MR) is 71.0 cm³/mol. The van der Waals surface area contributed by atoms with Crippen LogP contribution in [0.5, 0.6) is 0 Å². The van der Waals surface area contributed by atoms with E-state index in [-0.39, 0.29) is 12.2 Å². The minimum Gasteiger partial charge on any atom is -0.344 e. The average molecular weight is 291 g/mol. The summed E-state index contributed by atoms with van der Waals surface area (Å²) >= 11 is 0. The van der Waals surface area contributed by atoms with Crippen molar-refractivity contribution in [3.8, 4) is 6.07 Å². The van der Waals surface area contributed by atoms with Gasteiger partial charge >= 0.3 is 6.18 Å². The number of alkyl halides is 3. The molecule has 2 aromatic rings. The number of nitrogens with zero attached hydrogens (tertiary/aromatic N) is 1.